The van der Waals surface area contributed by atoms with Crippen molar-refractivity contribution < 1.29 is 14.3 Å². The molecule has 2 saturated heterocycles. The van der Waals surface area contributed by atoms with Gasteiger partial charge >= 0.3 is 0 Å². The molecule has 5 nitrogen and oxygen atoms in total. The number of piperidine rings is 1. The van der Waals surface area contributed by atoms with Gasteiger partial charge in [-0.25, -0.2) is 0 Å². The van der Waals surface area contributed by atoms with Gasteiger partial charge in [0, 0.05) is 48.1 Å². The summed E-state index contributed by atoms with van der Waals surface area (Å²) in [5.74, 6) is 0.446. The molecule has 0 amide bonds. The first kappa shape index (κ1) is 22.0. The molecule has 178 valence electrons. The molecule has 0 radical (unpaired) electrons. The molecule has 0 spiro atoms. The molecule has 3 aromatic rings. The van der Waals surface area contributed by atoms with E-state index in [1.54, 1.807) is 0 Å². The number of ether oxygens (including phenoxy) is 2. The van der Waals surface area contributed by atoms with Crippen molar-refractivity contribution in [3.63, 3.8) is 0 Å². The van der Waals surface area contributed by atoms with E-state index in [1.807, 2.05) is 0 Å². The second-order valence-electron chi connectivity index (χ2n) is 10.2. The van der Waals surface area contributed by atoms with Crippen LogP contribution in [-0.2, 0) is 34.3 Å². The molecule has 0 aliphatic carbocycles. The summed E-state index contributed by atoms with van der Waals surface area (Å²) < 4.78 is 14.7. The van der Waals surface area contributed by atoms with E-state index in [0.717, 1.165) is 25.8 Å². The maximum absolute atomic E-state index is 12.2. The van der Waals surface area contributed by atoms with Crippen LogP contribution < -0.4 is 0 Å². The van der Waals surface area contributed by atoms with Crippen molar-refractivity contribution in [2.24, 2.45) is 24.8 Å². The fraction of sp³-hybridized carbons (Fsp3) is 0.483. The number of aromatic nitrogens is 1. The van der Waals surface area contributed by atoms with Crippen LogP contribution in [0.3, 0.4) is 0 Å². The number of nitrogens with zero attached hydrogens (tertiary/aromatic N) is 2. The number of hydrogen-bond acceptors (Lipinski definition) is 4. The summed E-state index contributed by atoms with van der Waals surface area (Å²) in [4.78, 5) is 14.9. The van der Waals surface area contributed by atoms with Gasteiger partial charge in [-0.3, -0.25) is 4.90 Å². The highest BCUT2D eigenvalue weighted by Crippen LogP contribution is 2.53. The lowest BCUT2D eigenvalue weighted by Gasteiger charge is -2.55. The number of carbonyl (C=O) groups is 1. The summed E-state index contributed by atoms with van der Waals surface area (Å²) in [6, 6.07) is 20.1. The molecular weight excluding hydrogens is 424 g/mol. The van der Waals surface area contributed by atoms with Crippen molar-refractivity contribution in [1.29, 1.82) is 0 Å². The Labute approximate surface area is 201 Å². The van der Waals surface area contributed by atoms with Crippen LogP contribution >= 0.6 is 0 Å². The molecule has 3 aliphatic rings. The second kappa shape index (κ2) is 8.95. The summed E-state index contributed by atoms with van der Waals surface area (Å²) in [6.07, 6.45) is 3.72. The first-order chi connectivity index (χ1) is 16.7. The zero-order valence-corrected chi connectivity index (χ0v) is 20.1. The van der Waals surface area contributed by atoms with E-state index in [2.05, 4.69) is 78.0 Å². The van der Waals surface area contributed by atoms with Gasteiger partial charge in [0.15, 0.2) is 6.29 Å². The Morgan fingerprint density at radius 3 is 2.53 bits per heavy atom. The van der Waals surface area contributed by atoms with Gasteiger partial charge in [-0.1, -0.05) is 55.5 Å². The van der Waals surface area contributed by atoms with Crippen molar-refractivity contribution in [2.75, 3.05) is 13.2 Å². The maximum Gasteiger partial charge on any atom is 0.162 e. The van der Waals surface area contributed by atoms with Gasteiger partial charge in [-0.2, -0.15) is 0 Å². The van der Waals surface area contributed by atoms with E-state index in [1.165, 1.54) is 34.0 Å². The number of carbonyl (C=O) groups excluding carboxylic acids is 1. The summed E-state index contributed by atoms with van der Waals surface area (Å²) in [6.45, 7) is 4.31. The Morgan fingerprint density at radius 2 is 1.79 bits per heavy atom. The highest BCUT2D eigenvalue weighted by Gasteiger charge is 2.53. The number of aldehydes is 1. The van der Waals surface area contributed by atoms with Gasteiger partial charge in [-0.15, -0.1) is 0 Å². The van der Waals surface area contributed by atoms with Crippen molar-refractivity contribution in [1.82, 2.24) is 9.47 Å². The van der Waals surface area contributed by atoms with Crippen molar-refractivity contribution >= 4 is 17.2 Å². The summed E-state index contributed by atoms with van der Waals surface area (Å²) in [5, 5.41) is 1.36. The summed E-state index contributed by atoms with van der Waals surface area (Å²) >= 11 is 0. The Bertz CT molecular complexity index is 1170. The van der Waals surface area contributed by atoms with Crippen LogP contribution in [0, 0.1) is 17.8 Å². The predicted molar refractivity (Wildman–Crippen MR) is 132 cm³/mol. The number of para-hydroxylation sites is 1. The predicted octanol–water partition coefficient (Wildman–Crippen LogP) is 4.88. The molecule has 3 aliphatic heterocycles. The Kier molecular flexibility index (Phi) is 5.80. The molecule has 2 aromatic carbocycles. The molecule has 5 atom stereocenters. The molecule has 4 heterocycles. The third kappa shape index (κ3) is 3.44. The van der Waals surface area contributed by atoms with Crippen molar-refractivity contribution in [3.05, 3.63) is 71.4 Å². The molecule has 1 unspecified atom stereocenters. The van der Waals surface area contributed by atoms with Crippen LogP contribution in [0.2, 0.25) is 0 Å². The topological polar surface area (TPSA) is 43.7 Å². The molecule has 2 fully saturated rings. The number of aryl methyl sites for hydroxylation is 1. The van der Waals surface area contributed by atoms with Gasteiger partial charge in [0.05, 0.1) is 19.3 Å². The van der Waals surface area contributed by atoms with Gasteiger partial charge in [0.1, 0.15) is 6.29 Å². The monoisotopic (exact) mass is 458 g/mol. The maximum atomic E-state index is 12.2. The zero-order valence-electron chi connectivity index (χ0n) is 20.1. The lowest BCUT2D eigenvalue weighted by Crippen LogP contribution is -2.58. The SMILES string of the molecule is CC[C@@H](C=O)C1C[C@@H]2c3c(c4ccccc4n3C)C[C@H]([C@H]1C1OCCO1)N2Cc1ccccc1. The fourth-order valence-corrected chi connectivity index (χ4v) is 7.11. The molecule has 2 bridgehead atoms. The quantitative estimate of drug-likeness (QED) is 0.494. The van der Waals surface area contributed by atoms with Gasteiger partial charge < -0.3 is 18.8 Å². The molecule has 5 heteroatoms. The molecule has 0 N–H and O–H groups in total. The Morgan fingerprint density at radius 1 is 1.06 bits per heavy atom. The van der Waals surface area contributed by atoms with Crippen LogP contribution in [0.15, 0.2) is 54.6 Å². The third-order valence-electron chi connectivity index (χ3n) is 8.62. The standard InChI is InChI=1S/C29H34N2O3/c1-3-20(18-32)22-15-26-28-23(21-11-7-8-12-24(21)30(28)2)16-25(27(22)29-33-13-14-34-29)31(26)17-19-9-5-4-6-10-19/h4-12,18,20,22,25-27,29H,3,13-17H2,1-2H3/t20-,22?,25+,26+,27-/m0/s1. The first-order valence-electron chi connectivity index (χ1n) is 12.8. The van der Waals surface area contributed by atoms with Crippen LogP contribution in [0.4, 0.5) is 0 Å². The first-order valence-corrected chi connectivity index (χ1v) is 12.8. The highest BCUT2D eigenvalue weighted by molar-refractivity contribution is 5.86. The van der Waals surface area contributed by atoms with Crippen molar-refractivity contribution in [2.45, 2.75) is 51.1 Å². The molecular formula is C29H34N2O3. The average Bonchev–Trinajstić information content (AvgIpc) is 3.49. The van der Waals surface area contributed by atoms with E-state index in [-0.39, 0.29) is 36.1 Å². The van der Waals surface area contributed by atoms with E-state index >= 15 is 0 Å². The average molecular weight is 459 g/mol. The van der Waals surface area contributed by atoms with Gasteiger partial charge in [0.25, 0.3) is 0 Å². The van der Waals surface area contributed by atoms with E-state index < -0.39 is 0 Å². The minimum atomic E-state index is -0.236. The van der Waals surface area contributed by atoms with E-state index in [4.69, 9.17) is 9.47 Å². The van der Waals surface area contributed by atoms with Gasteiger partial charge in [0.2, 0.25) is 0 Å². The van der Waals surface area contributed by atoms with Crippen molar-refractivity contribution in [3.8, 4) is 0 Å². The number of rotatable bonds is 6. The van der Waals surface area contributed by atoms with Crippen LogP contribution in [0.1, 0.15) is 42.6 Å². The second-order valence-corrected chi connectivity index (χ2v) is 10.2. The largest absolute Gasteiger partial charge is 0.350 e. The molecule has 6 rings (SSSR count). The smallest absolute Gasteiger partial charge is 0.162 e. The molecule has 0 saturated carbocycles. The molecule has 34 heavy (non-hydrogen) atoms. The zero-order chi connectivity index (χ0) is 23.2. The number of hydrogen-bond donors (Lipinski definition) is 0. The van der Waals surface area contributed by atoms with Crippen LogP contribution in [-0.4, -0.2) is 41.3 Å². The van der Waals surface area contributed by atoms with E-state index in [9.17, 15) is 4.79 Å². The van der Waals surface area contributed by atoms with Gasteiger partial charge in [-0.05, 0) is 42.4 Å². The Hall–Kier alpha value is -2.47. The lowest BCUT2D eigenvalue weighted by atomic mass is 9.65. The minimum Gasteiger partial charge on any atom is -0.350 e. The molecule has 1 aromatic heterocycles. The number of benzene rings is 2. The number of fused-ring (bicyclic) bond motifs is 6. The summed E-state index contributed by atoms with van der Waals surface area (Å²) in [5.41, 5.74) is 5.51. The van der Waals surface area contributed by atoms with E-state index in [0.29, 0.717) is 13.2 Å². The third-order valence-corrected chi connectivity index (χ3v) is 8.62. The highest BCUT2D eigenvalue weighted by atomic mass is 16.7. The van der Waals surface area contributed by atoms with Crippen LogP contribution in [0.5, 0.6) is 0 Å². The normalized spacial score (nSPS) is 28.2. The minimum absolute atomic E-state index is 0.0258. The lowest BCUT2D eigenvalue weighted by molar-refractivity contribution is -0.165. The van der Waals surface area contributed by atoms with Crippen LogP contribution in [0.25, 0.3) is 10.9 Å². The fourth-order valence-electron chi connectivity index (χ4n) is 7.11. The Balaban J connectivity index is 1.51. The summed E-state index contributed by atoms with van der Waals surface area (Å²) in [7, 11) is 2.21.